The second-order valence-electron chi connectivity index (χ2n) is 6.67. The van der Waals surface area contributed by atoms with E-state index >= 15 is 0 Å². The van der Waals surface area contributed by atoms with Crippen molar-refractivity contribution in [2.75, 3.05) is 46.8 Å². The lowest BCUT2D eigenvalue weighted by molar-refractivity contribution is -0.160. The topological polar surface area (TPSA) is 77.1 Å². The van der Waals surface area contributed by atoms with E-state index in [1.54, 1.807) is 29.2 Å². The molecule has 1 aromatic rings. The zero-order valence-electron chi connectivity index (χ0n) is 14.6. The molecular weight excluding hydrogens is 322 g/mol. The van der Waals surface area contributed by atoms with Gasteiger partial charge in [0, 0.05) is 39.1 Å². The molecule has 0 N–H and O–H groups in total. The van der Waals surface area contributed by atoms with Crippen molar-refractivity contribution in [1.29, 1.82) is 0 Å². The minimum atomic E-state index is -0.549. The van der Waals surface area contributed by atoms with Crippen LogP contribution < -0.4 is 0 Å². The predicted octanol–water partition coefficient (Wildman–Crippen LogP) is -0.975. The molecule has 0 unspecified atom stereocenters. The predicted molar refractivity (Wildman–Crippen MR) is 90.3 cm³/mol. The monoisotopic (exact) mass is 345 g/mol. The number of fused-ring (bicyclic) bond motifs is 1. The second kappa shape index (κ2) is 7.18. The lowest BCUT2D eigenvalue weighted by Gasteiger charge is -2.45. The van der Waals surface area contributed by atoms with Crippen molar-refractivity contribution in [2.24, 2.45) is 0 Å². The lowest BCUT2D eigenvalue weighted by atomic mass is 10.1. The van der Waals surface area contributed by atoms with E-state index in [0.29, 0.717) is 19.6 Å². The number of aromatic nitrogens is 1. The largest absolute Gasteiger partial charge is 0.337 e. The molecule has 2 aliphatic heterocycles. The maximum atomic E-state index is 12.6. The molecule has 8 heteroatoms. The fraction of sp³-hybridized carbons (Fsp3) is 0.529. The molecule has 2 saturated heterocycles. The van der Waals surface area contributed by atoms with Gasteiger partial charge in [-0.05, 0) is 18.7 Å². The highest BCUT2D eigenvalue weighted by Gasteiger charge is 2.42. The number of piperazine rings is 2. The molecule has 1 aromatic heterocycles. The van der Waals surface area contributed by atoms with Crippen molar-refractivity contribution < 1.29 is 14.4 Å². The van der Waals surface area contributed by atoms with Gasteiger partial charge in [-0.1, -0.05) is 6.07 Å². The van der Waals surface area contributed by atoms with Gasteiger partial charge in [-0.2, -0.15) is 0 Å². The average Bonchev–Trinajstić information content (AvgIpc) is 2.60. The smallest absolute Gasteiger partial charge is 0.247 e. The molecule has 0 aliphatic carbocycles. The molecule has 0 radical (unpaired) electrons. The zero-order chi connectivity index (χ0) is 18.0. The van der Waals surface area contributed by atoms with Crippen LogP contribution >= 0.6 is 0 Å². The summed E-state index contributed by atoms with van der Waals surface area (Å²) in [6.07, 6.45) is 3.50. The first-order valence-electron chi connectivity index (χ1n) is 8.35. The van der Waals surface area contributed by atoms with Crippen LogP contribution in [-0.4, -0.2) is 95.2 Å². The van der Waals surface area contributed by atoms with Crippen LogP contribution in [0.2, 0.25) is 0 Å². The molecule has 3 rings (SSSR count). The summed E-state index contributed by atoms with van der Waals surface area (Å²) in [7, 11) is 3.50. The third-order valence-corrected chi connectivity index (χ3v) is 4.67. The van der Waals surface area contributed by atoms with Gasteiger partial charge in [0.15, 0.2) is 0 Å². The molecule has 134 valence electrons. The molecule has 3 amide bonds. The van der Waals surface area contributed by atoms with Gasteiger partial charge >= 0.3 is 0 Å². The van der Waals surface area contributed by atoms with Crippen molar-refractivity contribution in [3.05, 3.63) is 30.1 Å². The van der Waals surface area contributed by atoms with Crippen LogP contribution in [0.15, 0.2) is 24.5 Å². The first-order valence-corrected chi connectivity index (χ1v) is 8.35. The van der Waals surface area contributed by atoms with Crippen molar-refractivity contribution in [3.8, 4) is 0 Å². The van der Waals surface area contributed by atoms with Gasteiger partial charge in [0.25, 0.3) is 0 Å². The number of carbonyl (C=O) groups excluding carboxylic acids is 3. The van der Waals surface area contributed by atoms with E-state index in [-0.39, 0.29) is 37.4 Å². The Labute approximate surface area is 147 Å². The number of nitrogens with zero attached hydrogens (tertiary/aromatic N) is 5. The summed E-state index contributed by atoms with van der Waals surface area (Å²) in [5, 5.41) is 0. The van der Waals surface area contributed by atoms with Crippen LogP contribution in [0.4, 0.5) is 0 Å². The third kappa shape index (κ3) is 3.79. The number of likely N-dealkylation sites (N-methyl/N-ethyl adjacent to an activating group) is 2. The lowest BCUT2D eigenvalue weighted by Crippen LogP contribution is -2.67. The maximum absolute atomic E-state index is 12.6. The number of amides is 3. The van der Waals surface area contributed by atoms with E-state index in [0.717, 1.165) is 5.56 Å². The summed E-state index contributed by atoms with van der Waals surface area (Å²) in [5.74, 6) is -0.173. The second-order valence-corrected chi connectivity index (χ2v) is 6.67. The van der Waals surface area contributed by atoms with Crippen LogP contribution in [0.1, 0.15) is 5.56 Å². The van der Waals surface area contributed by atoms with Gasteiger partial charge in [0.2, 0.25) is 17.7 Å². The standard InChI is InChI=1S/C17H23N5O3/c1-19(9-13-4-3-5-18-8-13)11-15(23)21-6-7-22-14(10-21)17(25)20(2)12-16(22)24/h3-5,8,14H,6-7,9-12H2,1-2H3/t14-/m0/s1. The van der Waals surface area contributed by atoms with Gasteiger partial charge in [0.05, 0.1) is 19.6 Å². The Balaban J connectivity index is 1.58. The molecule has 0 bridgehead atoms. The van der Waals surface area contributed by atoms with Crippen molar-refractivity contribution in [1.82, 2.24) is 24.6 Å². The summed E-state index contributed by atoms with van der Waals surface area (Å²) in [6, 6.07) is 3.29. The van der Waals surface area contributed by atoms with Gasteiger partial charge in [-0.25, -0.2) is 0 Å². The first kappa shape index (κ1) is 17.3. The highest BCUT2D eigenvalue weighted by Crippen LogP contribution is 2.17. The van der Waals surface area contributed by atoms with E-state index < -0.39 is 6.04 Å². The van der Waals surface area contributed by atoms with Crippen molar-refractivity contribution >= 4 is 17.7 Å². The quantitative estimate of drug-likeness (QED) is 0.701. The zero-order valence-corrected chi connectivity index (χ0v) is 14.6. The van der Waals surface area contributed by atoms with Crippen LogP contribution in [0.5, 0.6) is 0 Å². The average molecular weight is 345 g/mol. The minimum absolute atomic E-state index is 0.0282. The van der Waals surface area contributed by atoms with Crippen molar-refractivity contribution in [2.45, 2.75) is 12.6 Å². The molecule has 0 saturated carbocycles. The normalized spacial score (nSPS) is 20.9. The summed E-state index contributed by atoms with van der Waals surface area (Å²) in [5.41, 5.74) is 1.04. The number of hydrogen-bond donors (Lipinski definition) is 0. The molecule has 25 heavy (non-hydrogen) atoms. The van der Waals surface area contributed by atoms with E-state index in [1.807, 2.05) is 24.1 Å². The van der Waals surface area contributed by atoms with Gasteiger partial charge < -0.3 is 14.7 Å². The van der Waals surface area contributed by atoms with Crippen molar-refractivity contribution in [3.63, 3.8) is 0 Å². The summed E-state index contributed by atoms with van der Waals surface area (Å²) in [4.78, 5) is 47.7. The number of rotatable bonds is 4. The van der Waals surface area contributed by atoms with Gasteiger partial charge in [-0.3, -0.25) is 24.3 Å². The SMILES string of the molecule is CN(CC(=O)N1CCN2C(=O)CN(C)C(=O)[C@@H]2C1)Cc1cccnc1. The van der Waals surface area contributed by atoms with Crippen LogP contribution in [-0.2, 0) is 20.9 Å². The molecule has 1 atom stereocenters. The van der Waals surface area contributed by atoms with E-state index in [4.69, 9.17) is 0 Å². The molecule has 3 heterocycles. The van der Waals surface area contributed by atoms with Crippen LogP contribution in [0, 0.1) is 0 Å². The Morgan fingerprint density at radius 3 is 2.88 bits per heavy atom. The minimum Gasteiger partial charge on any atom is -0.337 e. The van der Waals surface area contributed by atoms with E-state index in [2.05, 4.69) is 4.98 Å². The molecular formula is C17H23N5O3. The highest BCUT2D eigenvalue weighted by atomic mass is 16.2. The Hall–Kier alpha value is -2.48. The van der Waals surface area contributed by atoms with Crippen LogP contribution in [0.25, 0.3) is 0 Å². The first-order chi connectivity index (χ1) is 12.0. The maximum Gasteiger partial charge on any atom is 0.247 e. The van der Waals surface area contributed by atoms with Gasteiger partial charge in [-0.15, -0.1) is 0 Å². The van der Waals surface area contributed by atoms with E-state index in [9.17, 15) is 14.4 Å². The van der Waals surface area contributed by atoms with Gasteiger partial charge in [0.1, 0.15) is 6.04 Å². The van der Waals surface area contributed by atoms with E-state index in [1.165, 1.54) is 4.90 Å². The Kier molecular flexibility index (Phi) is 4.98. The Morgan fingerprint density at radius 2 is 2.16 bits per heavy atom. The summed E-state index contributed by atoms with van der Waals surface area (Å²) < 4.78 is 0. The number of hydrogen-bond acceptors (Lipinski definition) is 5. The number of pyridine rings is 1. The Bertz CT molecular complexity index is 666. The number of carbonyl (C=O) groups is 3. The van der Waals surface area contributed by atoms with Crippen LogP contribution in [0.3, 0.4) is 0 Å². The molecule has 0 spiro atoms. The fourth-order valence-electron chi connectivity index (χ4n) is 3.34. The summed E-state index contributed by atoms with van der Waals surface area (Å²) in [6.45, 7) is 2.17. The third-order valence-electron chi connectivity index (χ3n) is 4.67. The molecule has 2 fully saturated rings. The highest BCUT2D eigenvalue weighted by molar-refractivity contribution is 5.95. The molecule has 2 aliphatic rings. The Morgan fingerprint density at radius 1 is 1.36 bits per heavy atom. The summed E-state index contributed by atoms with van der Waals surface area (Å²) >= 11 is 0. The molecule has 8 nitrogen and oxygen atoms in total. The molecule has 0 aromatic carbocycles. The fourth-order valence-corrected chi connectivity index (χ4v) is 3.34.